The zero-order valence-electron chi connectivity index (χ0n) is 22.2. The van der Waals surface area contributed by atoms with Gasteiger partial charge in [0.2, 0.25) is 0 Å². The molecule has 5 rings (SSSR count). The van der Waals surface area contributed by atoms with E-state index in [1.807, 2.05) is 19.6 Å². The fourth-order valence-corrected chi connectivity index (χ4v) is 5.68. The summed E-state index contributed by atoms with van der Waals surface area (Å²) in [6.07, 6.45) is 3.83. The van der Waals surface area contributed by atoms with E-state index in [-0.39, 0.29) is 5.56 Å². The van der Waals surface area contributed by atoms with E-state index >= 15 is 0 Å². The van der Waals surface area contributed by atoms with E-state index in [2.05, 4.69) is 106 Å². The Morgan fingerprint density at radius 3 is 2.11 bits per heavy atom. The topological polar surface area (TPSA) is 39.8 Å². The maximum atomic E-state index is 13.0. The maximum absolute atomic E-state index is 13.0. The third-order valence-electron chi connectivity index (χ3n) is 7.62. The van der Waals surface area contributed by atoms with E-state index in [1.54, 1.807) is 10.6 Å². The summed E-state index contributed by atoms with van der Waals surface area (Å²) in [5, 5.41) is 1.07. The number of pyridine rings is 1. The standard InChI is InChI=1S/C32H33N3O/c1-20-8-10-26(23(4)13-20)27-17-31(36)35(7)29-11-9-24(16-28(27)29)32(5,30-18-33-19-34(30)6)25-14-21(2)12-22(3)15-25/h8-19H,1-7H3. The van der Waals surface area contributed by atoms with E-state index in [0.29, 0.717) is 0 Å². The van der Waals surface area contributed by atoms with Gasteiger partial charge < -0.3 is 9.13 Å². The smallest absolute Gasteiger partial charge is 0.251 e. The van der Waals surface area contributed by atoms with Crippen LogP contribution in [0, 0.1) is 27.7 Å². The van der Waals surface area contributed by atoms with Gasteiger partial charge in [-0.2, -0.15) is 0 Å². The Bertz CT molecular complexity index is 1670. The molecule has 4 heteroatoms. The van der Waals surface area contributed by atoms with Crippen LogP contribution in [0.3, 0.4) is 0 Å². The minimum absolute atomic E-state index is 0.00562. The van der Waals surface area contributed by atoms with E-state index in [9.17, 15) is 4.79 Å². The van der Waals surface area contributed by atoms with Crippen LogP contribution in [0.1, 0.15) is 46.0 Å². The van der Waals surface area contributed by atoms with Crippen LogP contribution in [0.2, 0.25) is 0 Å². The van der Waals surface area contributed by atoms with Gasteiger partial charge in [-0.15, -0.1) is 0 Å². The van der Waals surface area contributed by atoms with Crippen molar-refractivity contribution in [2.45, 2.75) is 40.0 Å². The number of fused-ring (bicyclic) bond motifs is 1. The number of rotatable bonds is 4. The molecule has 2 aromatic heterocycles. The van der Waals surface area contributed by atoms with Gasteiger partial charge in [0.05, 0.1) is 23.0 Å². The first-order valence-electron chi connectivity index (χ1n) is 12.4. The number of aromatic nitrogens is 3. The Labute approximate surface area is 212 Å². The molecule has 0 aliphatic rings. The monoisotopic (exact) mass is 475 g/mol. The lowest BCUT2D eigenvalue weighted by molar-refractivity contribution is 0.625. The van der Waals surface area contributed by atoms with Crippen LogP contribution in [0.4, 0.5) is 0 Å². The molecule has 1 atom stereocenters. The molecule has 0 bridgehead atoms. The zero-order valence-corrected chi connectivity index (χ0v) is 22.2. The predicted molar refractivity (Wildman–Crippen MR) is 149 cm³/mol. The van der Waals surface area contributed by atoms with Gasteiger partial charge in [0.25, 0.3) is 5.56 Å². The second-order valence-corrected chi connectivity index (χ2v) is 10.4. The number of hydrogen-bond acceptors (Lipinski definition) is 2. The van der Waals surface area contributed by atoms with Crippen LogP contribution in [0.5, 0.6) is 0 Å². The molecule has 0 radical (unpaired) electrons. The van der Waals surface area contributed by atoms with Gasteiger partial charge in [0, 0.05) is 31.7 Å². The summed E-state index contributed by atoms with van der Waals surface area (Å²) < 4.78 is 3.85. The molecule has 0 aliphatic carbocycles. The number of nitrogens with zero attached hydrogens (tertiary/aromatic N) is 3. The van der Waals surface area contributed by atoms with Gasteiger partial charge in [-0.1, -0.05) is 59.2 Å². The summed E-state index contributed by atoms with van der Waals surface area (Å²) in [6, 6.07) is 21.5. The van der Waals surface area contributed by atoms with Crippen molar-refractivity contribution in [2.75, 3.05) is 0 Å². The molecular formula is C32H33N3O. The lowest BCUT2D eigenvalue weighted by Crippen LogP contribution is -2.28. The number of benzene rings is 3. The van der Waals surface area contributed by atoms with Crippen LogP contribution in [-0.2, 0) is 19.5 Å². The molecule has 0 N–H and O–H groups in total. The molecule has 1 unspecified atom stereocenters. The average molecular weight is 476 g/mol. The Kier molecular flexibility index (Phi) is 5.71. The van der Waals surface area contributed by atoms with E-state index in [4.69, 9.17) is 0 Å². The van der Waals surface area contributed by atoms with Gasteiger partial charge in [-0.3, -0.25) is 4.79 Å². The molecule has 4 nitrogen and oxygen atoms in total. The normalized spacial score (nSPS) is 13.2. The van der Waals surface area contributed by atoms with Gasteiger partial charge in [0.15, 0.2) is 0 Å². The Morgan fingerprint density at radius 2 is 1.47 bits per heavy atom. The van der Waals surface area contributed by atoms with Crippen LogP contribution < -0.4 is 5.56 Å². The van der Waals surface area contributed by atoms with Crippen LogP contribution in [-0.4, -0.2) is 14.1 Å². The first kappa shape index (κ1) is 23.8. The number of imidazole rings is 1. The molecule has 0 spiro atoms. The van der Waals surface area contributed by atoms with Crippen molar-refractivity contribution in [1.82, 2.24) is 14.1 Å². The zero-order chi connectivity index (χ0) is 25.8. The highest BCUT2D eigenvalue weighted by molar-refractivity contribution is 5.96. The Balaban J connectivity index is 1.87. The summed E-state index contributed by atoms with van der Waals surface area (Å²) in [6.45, 7) is 10.8. The molecule has 3 aromatic carbocycles. The minimum Gasteiger partial charge on any atom is -0.337 e. The lowest BCUT2D eigenvalue weighted by atomic mass is 9.72. The minimum atomic E-state index is -0.440. The highest BCUT2D eigenvalue weighted by Crippen LogP contribution is 2.41. The molecule has 182 valence electrons. The Morgan fingerprint density at radius 1 is 0.750 bits per heavy atom. The largest absolute Gasteiger partial charge is 0.337 e. The van der Waals surface area contributed by atoms with Gasteiger partial charge in [-0.25, -0.2) is 4.98 Å². The molecule has 5 aromatic rings. The number of hydrogen-bond donors (Lipinski definition) is 0. The fraction of sp³-hybridized carbons (Fsp3) is 0.250. The highest BCUT2D eigenvalue weighted by Gasteiger charge is 2.34. The van der Waals surface area contributed by atoms with Crippen molar-refractivity contribution in [3.63, 3.8) is 0 Å². The van der Waals surface area contributed by atoms with Crippen molar-refractivity contribution in [1.29, 1.82) is 0 Å². The highest BCUT2D eigenvalue weighted by atomic mass is 16.1. The van der Waals surface area contributed by atoms with Crippen LogP contribution in [0.15, 0.2) is 78.0 Å². The van der Waals surface area contributed by atoms with Crippen molar-refractivity contribution >= 4 is 10.9 Å². The second kappa shape index (κ2) is 8.63. The van der Waals surface area contributed by atoms with E-state index < -0.39 is 5.41 Å². The first-order chi connectivity index (χ1) is 17.1. The van der Waals surface area contributed by atoms with Crippen LogP contribution in [0.25, 0.3) is 22.0 Å². The third-order valence-corrected chi connectivity index (χ3v) is 7.62. The average Bonchev–Trinajstić information content (AvgIpc) is 3.26. The van der Waals surface area contributed by atoms with Gasteiger partial charge in [0.1, 0.15) is 0 Å². The molecular weight excluding hydrogens is 442 g/mol. The maximum Gasteiger partial charge on any atom is 0.251 e. The van der Waals surface area contributed by atoms with Gasteiger partial charge >= 0.3 is 0 Å². The van der Waals surface area contributed by atoms with Gasteiger partial charge in [-0.05, 0) is 74.6 Å². The molecule has 0 saturated heterocycles. The second-order valence-electron chi connectivity index (χ2n) is 10.4. The van der Waals surface area contributed by atoms with Crippen molar-refractivity contribution in [2.24, 2.45) is 14.1 Å². The lowest BCUT2D eigenvalue weighted by Gasteiger charge is -2.32. The van der Waals surface area contributed by atoms with Crippen molar-refractivity contribution < 1.29 is 0 Å². The summed E-state index contributed by atoms with van der Waals surface area (Å²) in [5.41, 5.74) is 10.9. The summed E-state index contributed by atoms with van der Waals surface area (Å²) >= 11 is 0. The summed E-state index contributed by atoms with van der Waals surface area (Å²) in [7, 11) is 3.90. The fourth-order valence-electron chi connectivity index (χ4n) is 5.68. The molecule has 2 heterocycles. The summed E-state index contributed by atoms with van der Waals surface area (Å²) in [4.78, 5) is 17.4. The SMILES string of the molecule is Cc1cc(C)cc(C(C)(c2ccc3c(c2)c(-c2ccc(C)cc2C)cc(=O)n3C)c2cncn2C)c1. The first-order valence-corrected chi connectivity index (χ1v) is 12.4. The molecule has 0 fully saturated rings. The molecule has 36 heavy (non-hydrogen) atoms. The number of aryl methyl sites for hydroxylation is 6. The quantitative estimate of drug-likeness (QED) is 0.297. The van der Waals surface area contributed by atoms with E-state index in [1.165, 1.54) is 27.8 Å². The van der Waals surface area contributed by atoms with Crippen molar-refractivity contribution in [3.8, 4) is 11.1 Å². The summed E-state index contributed by atoms with van der Waals surface area (Å²) in [5.74, 6) is 0. The Hall–Kier alpha value is -3.92. The molecule has 0 aliphatic heterocycles. The van der Waals surface area contributed by atoms with Crippen molar-refractivity contribution in [3.05, 3.63) is 123 Å². The molecule has 0 amide bonds. The predicted octanol–water partition coefficient (Wildman–Crippen LogP) is 6.53. The third kappa shape index (κ3) is 3.78. The molecule has 0 saturated carbocycles. The van der Waals surface area contributed by atoms with Crippen LogP contribution >= 0.6 is 0 Å². The van der Waals surface area contributed by atoms with E-state index in [0.717, 1.165) is 33.3 Å².